The van der Waals surface area contributed by atoms with Crippen LogP contribution in [-0.2, 0) is 14.3 Å². The maximum absolute atomic E-state index is 12.2. The van der Waals surface area contributed by atoms with Crippen LogP contribution >= 0.6 is 0 Å². The Bertz CT molecular complexity index is 315. The van der Waals surface area contributed by atoms with Gasteiger partial charge in [-0.1, -0.05) is 6.92 Å². The van der Waals surface area contributed by atoms with E-state index in [9.17, 15) is 9.59 Å². The predicted octanol–water partition coefficient (Wildman–Crippen LogP) is 0.148. The van der Waals surface area contributed by atoms with Crippen LogP contribution < -0.4 is 5.32 Å². The van der Waals surface area contributed by atoms with Crippen LogP contribution in [0, 0.1) is 5.92 Å². The van der Waals surface area contributed by atoms with E-state index in [2.05, 4.69) is 5.32 Å². The molecule has 1 heterocycles. The highest BCUT2D eigenvalue weighted by Gasteiger charge is 2.47. The third-order valence-electron chi connectivity index (χ3n) is 3.52. The molecule has 0 radical (unpaired) electrons. The van der Waals surface area contributed by atoms with Gasteiger partial charge in [0.2, 0.25) is 11.8 Å². The third-order valence-corrected chi connectivity index (χ3v) is 3.52. The zero-order chi connectivity index (χ0) is 12.4. The molecule has 1 saturated heterocycles. The van der Waals surface area contributed by atoms with Crippen molar-refractivity contribution in [1.29, 1.82) is 0 Å². The summed E-state index contributed by atoms with van der Waals surface area (Å²) in [7, 11) is 1.61. The minimum atomic E-state index is -0.352. The van der Waals surface area contributed by atoms with E-state index in [-0.39, 0.29) is 23.9 Å². The summed E-state index contributed by atoms with van der Waals surface area (Å²) in [4.78, 5) is 25.9. The Morgan fingerprint density at radius 1 is 1.41 bits per heavy atom. The number of nitrogens with one attached hydrogen (secondary N) is 1. The fourth-order valence-electron chi connectivity index (χ4n) is 2.39. The molecule has 5 heteroatoms. The van der Waals surface area contributed by atoms with Crippen LogP contribution in [0.15, 0.2) is 0 Å². The number of ether oxygens (including phenoxy) is 1. The predicted molar refractivity (Wildman–Crippen MR) is 62.3 cm³/mol. The van der Waals surface area contributed by atoms with E-state index < -0.39 is 0 Å². The highest BCUT2D eigenvalue weighted by Crippen LogP contribution is 2.37. The Hall–Kier alpha value is -1.10. The summed E-state index contributed by atoms with van der Waals surface area (Å²) in [5, 5.41) is 2.82. The summed E-state index contributed by atoms with van der Waals surface area (Å²) in [5.74, 6) is 0.407. The van der Waals surface area contributed by atoms with Gasteiger partial charge in [-0.2, -0.15) is 0 Å². The first-order chi connectivity index (χ1) is 8.19. The molecule has 96 valence electrons. The van der Waals surface area contributed by atoms with E-state index in [0.29, 0.717) is 25.5 Å². The largest absolute Gasteiger partial charge is 0.383 e. The lowest BCUT2D eigenvalue weighted by Gasteiger charge is -2.38. The highest BCUT2D eigenvalue weighted by atomic mass is 16.5. The summed E-state index contributed by atoms with van der Waals surface area (Å²) in [6, 6.07) is -0.616. The monoisotopic (exact) mass is 240 g/mol. The second-order valence-corrected chi connectivity index (χ2v) is 4.78. The molecule has 2 rings (SSSR count). The van der Waals surface area contributed by atoms with Crippen LogP contribution in [0.5, 0.6) is 0 Å². The molecule has 17 heavy (non-hydrogen) atoms. The van der Waals surface area contributed by atoms with Gasteiger partial charge in [-0.15, -0.1) is 0 Å². The molecule has 2 atom stereocenters. The topological polar surface area (TPSA) is 58.6 Å². The molecule has 0 bridgehead atoms. The maximum Gasteiger partial charge on any atom is 0.245 e. The number of piperazine rings is 1. The Balaban J connectivity index is 2.12. The van der Waals surface area contributed by atoms with Crippen LogP contribution in [0.3, 0.4) is 0 Å². The number of hydrogen-bond donors (Lipinski definition) is 1. The Kier molecular flexibility index (Phi) is 3.66. The van der Waals surface area contributed by atoms with Crippen LogP contribution in [0.25, 0.3) is 0 Å². The van der Waals surface area contributed by atoms with E-state index in [1.807, 2.05) is 6.92 Å². The zero-order valence-electron chi connectivity index (χ0n) is 10.4. The van der Waals surface area contributed by atoms with Crippen molar-refractivity contribution in [3.05, 3.63) is 0 Å². The van der Waals surface area contributed by atoms with Gasteiger partial charge in [0.25, 0.3) is 0 Å². The normalized spacial score (nSPS) is 29.4. The SMILES string of the molecule is CCC1NC(=O)C(C2CC2)N(CCOC)C1=O. The number of nitrogens with zero attached hydrogens (tertiary/aromatic N) is 1. The Morgan fingerprint density at radius 3 is 2.65 bits per heavy atom. The lowest BCUT2D eigenvalue weighted by molar-refractivity contribution is -0.151. The number of methoxy groups -OCH3 is 1. The summed E-state index contributed by atoms with van der Waals surface area (Å²) in [6.07, 6.45) is 2.74. The molecule has 2 fully saturated rings. The fraction of sp³-hybridized carbons (Fsp3) is 0.833. The molecule has 0 aromatic carbocycles. The first-order valence-corrected chi connectivity index (χ1v) is 6.28. The van der Waals surface area contributed by atoms with Crippen LogP contribution in [0.4, 0.5) is 0 Å². The van der Waals surface area contributed by atoms with Crippen molar-refractivity contribution in [3.63, 3.8) is 0 Å². The van der Waals surface area contributed by atoms with Crippen molar-refractivity contribution in [2.45, 2.75) is 38.3 Å². The van der Waals surface area contributed by atoms with Gasteiger partial charge < -0.3 is 15.0 Å². The van der Waals surface area contributed by atoms with Gasteiger partial charge in [0.05, 0.1) is 6.61 Å². The molecule has 1 N–H and O–H groups in total. The molecule has 2 amide bonds. The molecule has 0 spiro atoms. The highest BCUT2D eigenvalue weighted by molar-refractivity contribution is 5.97. The molecule has 1 aliphatic heterocycles. The summed E-state index contributed by atoms with van der Waals surface area (Å²) in [6.45, 7) is 2.91. The van der Waals surface area contributed by atoms with Crippen LogP contribution in [-0.4, -0.2) is 49.1 Å². The molecule has 1 aliphatic carbocycles. The number of amides is 2. The van der Waals surface area contributed by atoms with Gasteiger partial charge in [-0.25, -0.2) is 0 Å². The minimum absolute atomic E-state index is 0.00931. The van der Waals surface area contributed by atoms with Crippen molar-refractivity contribution < 1.29 is 14.3 Å². The molecular formula is C12H20N2O3. The number of carbonyl (C=O) groups excluding carboxylic acids is 2. The number of rotatable bonds is 5. The Labute approximate surface area is 101 Å². The maximum atomic E-state index is 12.2. The zero-order valence-corrected chi connectivity index (χ0v) is 10.4. The van der Waals surface area contributed by atoms with Gasteiger partial charge >= 0.3 is 0 Å². The fourth-order valence-corrected chi connectivity index (χ4v) is 2.39. The first kappa shape index (κ1) is 12.4. The standard InChI is InChI=1S/C12H20N2O3/c1-3-9-12(16)14(6-7-17-2)10(8-4-5-8)11(15)13-9/h8-10H,3-7H2,1-2H3,(H,13,15). The minimum Gasteiger partial charge on any atom is -0.383 e. The summed E-state index contributed by atoms with van der Waals surface area (Å²) >= 11 is 0. The molecule has 0 aromatic heterocycles. The van der Waals surface area contributed by atoms with Gasteiger partial charge in [0.1, 0.15) is 12.1 Å². The molecule has 2 aliphatic rings. The van der Waals surface area contributed by atoms with Crippen LogP contribution in [0.2, 0.25) is 0 Å². The van der Waals surface area contributed by atoms with Crippen LogP contribution in [0.1, 0.15) is 26.2 Å². The molecule has 5 nitrogen and oxygen atoms in total. The molecule has 1 saturated carbocycles. The molecular weight excluding hydrogens is 220 g/mol. The van der Waals surface area contributed by atoms with E-state index >= 15 is 0 Å². The van der Waals surface area contributed by atoms with E-state index in [1.165, 1.54) is 0 Å². The molecule has 0 aromatic rings. The smallest absolute Gasteiger partial charge is 0.245 e. The van der Waals surface area contributed by atoms with Gasteiger partial charge in [-0.05, 0) is 25.2 Å². The van der Waals surface area contributed by atoms with Crippen molar-refractivity contribution in [2.24, 2.45) is 5.92 Å². The van der Waals surface area contributed by atoms with E-state index in [0.717, 1.165) is 12.8 Å². The third kappa shape index (κ3) is 2.44. The number of carbonyl (C=O) groups is 2. The second-order valence-electron chi connectivity index (χ2n) is 4.78. The molecule has 2 unspecified atom stereocenters. The van der Waals surface area contributed by atoms with E-state index in [1.54, 1.807) is 12.0 Å². The summed E-state index contributed by atoms with van der Waals surface area (Å²) in [5.41, 5.74) is 0. The lowest BCUT2D eigenvalue weighted by Crippen LogP contribution is -2.64. The first-order valence-electron chi connectivity index (χ1n) is 6.28. The van der Waals surface area contributed by atoms with E-state index in [4.69, 9.17) is 4.74 Å². The quantitative estimate of drug-likeness (QED) is 0.744. The average molecular weight is 240 g/mol. The second kappa shape index (κ2) is 5.04. The van der Waals surface area contributed by atoms with Crippen molar-refractivity contribution in [2.75, 3.05) is 20.3 Å². The lowest BCUT2D eigenvalue weighted by atomic mass is 10.0. The van der Waals surface area contributed by atoms with Crippen molar-refractivity contribution in [3.8, 4) is 0 Å². The van der Waals surface area contributed by atoms with Gasteiger partial charge in [0.15, 0.2) is 0 Å². The Morgan fingerprint density at radius 2 is 2.12 bits per heavy atom. The average Bonchev–Trinajstić information content (AvgIpc) is 3.13. The summed E-state index contributed by atoms with van der Waals surface area (Å²) < 4.78 is 5.02. The van der Waals surface area contributed by atoms with Crippen molar-refractivity contribution >= 4 is 11.8 Å². The van der Waals surface area contributed by atoms with Gasteiger partial charge in [-0.3, -0.25) is 9.59 Å². The van der Waals surface area contributed by atoms with Gasteiger partial charge in [0, 0.05) is 13.7 Å². The number of hydrogen-bond acceptors (Lipinski definition) is 3. The van der Waals surface area contributed by atoms with Crippen molar-refractivity contribution in [1.82, 2.24) is 10.2 Å².